The Balaban J connectivity index is 0.000000163. The maximum Gasteiger partial charge on any atom is 1.00 e. The molecule has 15 rings (SSSR count). The van der Waals surface area contributed by atoms with Gasteiger partial charge in [-0.3, -0.25) is 33.2 Å². The number of thiazole rings is 3. The Hall–Kier alpha value is -9.48. The third-order valence-electron chi connectivity index (χ3n) is 16.9. The molecular weight excluding hydrogens is 1470 g/mol. The van der Waals surface area contributed by atoms with E-state index in [4.69, 9.17) is 25.8 Å². The molecule has 3 aromatic carbocycles. The van der Waals surface area contributed by atoms with Gasteiger partial charge in [-0.1, -0.05) is 91.0 Å². The van der Waals surface area contributed by atoms with Crippen LogP contribution in [0.25, 0.3) is 66.2 Å². The largest absolute Gasteiger partial charge is 1.00 e. The summed E-state index contributed by atoms with van der Waals surface area (Å²) in [4.78, 5) is 82.4. The normalized spacial score (nSPS) is 14.6. The van der Waals surface area contributed by atoms with Gasteiger partial charge in [-0.05, 0) is 52.9 Å². The van der Waals surface area contributed by atoms with E-state index in [1.807, 2.05) is 123 Å². The number of fused-ring (bicyclic) bond motifs is 3. The van der Waals surface area contributed by atoms with Crippen molar-refractivity contribution >= 4 is 75.9 Å². The molecule has 0 radical (unpaired) electrons. The van der Waals surface area contributed by atoms with Crippen LogP contribution in [-0.4, -0.2) is 143 Å². The number of aromatic nitrogens is 15. The fourth-order valence-electron chi connectivity index (χ4n) is 11.9. The molecule has 0 amide bonds. The minimum Gasteiger partial charge on any atom is -0.543 e. The van der Waals surface area contributed by atoms with Gasteiger partial charge in [0.15, 0.2) is 0 Å². The Morgan fingerprint density at radius 1 is 0.607 bits per heavy atom. The summed E-state index contributed by atoms with van der Waals surface area (Å²) in [6, 6.07) is 28.0. The maximum absolute atomic E-state index is 14.6. The van der Waals surface area contributed by atoms with Gasteiger partial charge in [0.1, 0.15) is 74.8 Å². The van der Waals surface area contributed by atoms with E-state index >= 15 is 0 Å². The smallest absolute Gasteiger partial charge is 0.543 e. The van der Waals surface area contributed by atoms with E-state index in [9.17, 15) is 42.3 Å². The van der Waals surface area contributed by atoms with Crippen LogP contribution in [0.2, 0.25) is 0 Å². The SMILES string of the molecule is CC(C)(C)OC(=O)CC1CCn2c(nc(-c3ccccc3)c2F)C1.Cc1csc(-c2cnn(C)c2C(=O)[O-])n1.Cl.Cn1ncc(-c2cscn2)c1C(=O)CO.Cn1ncc(-c2nccs2)c1C(=O)CO.NC1CCn2c(nc(-c3ccccc3)c2F)C1.O=C(O)C1CCn2c(nc(-c3ccccc3)c2F)C1.[Na+]. The molecule has 107 heavy (non-hydrogen) atoms. The van der Waals surface area contributed by atoms with Gasteiger partial charge in [-0.2, -0.15) is 28.5 Å². The first-order valence-corrected chi connectivity index (χ1v) is 35.9. The number of aliphatic hydroxyl groups is 2. The van der Waals surface area contributed by atoms with Crippen molar-refractivity contribution < 1.29 is 91.9 Å². The first-order valence-electron chi connectivity index (χ1n) is 33.2. The van der Waals surface area contributed by atoms with E-state index in [1.165, 1.54) is 58.8 Å². The number of aromatic carboxylic acids is 1. The number of aryl methyl sites for hydroxylation is 4. The van der Waals surface area contributed by atoms with E-state index in [-0.39, 0.29) is 95.0 Å². The van der Waals surface area contributed by atoms with Crippen LogP contribution in [0.5, 0.6) is 0 Å². The molecule has 9 aromatic heterocycles. The van der Waals surface area contributed by atoms with E-state index in [0.29, 0.717) is 125 Å². The van der Waals surface area contributed by atoms with Crippen LogP contribution in [-0.2, 0) is 74.4 Å². The molecule has 0 spiro atoms. The van der Waals surface area contributed by atoms with Gasteiger partial charge in [0.05, 0.1) is 64.1 Å². The van der Waals surface area contributed by atoms with Crippen LogP contribution < -0.4 is 40.4 Å². The summed E-state index contributed by atoms with van der Waals surface area (Å²) in [6.45, 7) is 7.96. The van der Waals surface area contributed by atoms with Gasteiger partial charge < -0.3 is 49.4 Å². The molecule has 0 fully saturated rings. The fourth-order valence-corrected chi connectivity index (χ4v) is 13.9. The number of halogens is 4. The number of ketones is 2. The summed E-state index contributed by atoms with van der Waals surface area (Å²) in [5.41, 5.74) is 14.8. The number of ether oxygens (including phenoxy) is 1. The van der Waals surface area contributed by atoms with Crippen molar-refractivity contribution in [3.63, 3.8) is 0 Å². The molecule has 3 unspecified atom stereocenters. The van der Waals surface area contributed by atoms with Crippen LogP contribution in [0, 0.1) is 36.6 Å². The van der Waals surface area contributed by atoms with Gasteiger partial charge >= 0.3 is 41.5 Å². The monoisotopic (exact) mass is 1550 g/mol. The van der Waals surface area contributed by atoms with E-state index in [2.05, 4.69) is 45.2 Å². The molecule has 3 aliphatic heterocycles. The predicted octanol–water partition coefficient (Wildman–Crippen LogP) is 7.36. The number of aliphatic carboxylic acids is 1. The molecule has 5 N–H and O–H groups in total. The molecule has 0 bridgehead atoms. The van der Waals surface area contributed by atoms with Crippen LogP contribution in [0.4, 0.5) is 13.2 Å². The number of aliphatic hydroxyl groups excluding tert-OH is 2. The summed E-state index contributed by atoms with van der Waals surface area (Å²) in [6.07, 6.45) is 10.2. The molecular formula is C73H77ClF3N16NaO10S3. The first kappa shape index (κ1) is 83.2. The second-order valence-corrected chi connectivity index (χ2v) is 28.0. The molecule has 3 aliphatic rings. The van der Waals surface area contributed by atoms with Gasteiger partial charge in [-0.15, -0.1) is 46.4 Å². The Morgan fingerprint density at radius 3 is 1.50 bits per heavy atom. The molecule has 34 heteroatoms. The standard InChI is InChI=1S/C19H23FN2O2.C14H13FN2O2.C13H14FN3.3C9H9N3O2S.ClH.Na/c1-19(2,3)24-16(23)12-13-9-10-22-15(11-13)21-17(18(22)20)14-7-5-4-6-8-14;15-13-12(9-4-2-1-3-5-9)16-11-8-10(14(18)19)6-7-17(11)13;14-13-12(9-4-2-1-3-5-9)16-11-8-10(15)6-7-17(11)13;1-12-9(8(14)3-13)6(2-11-12)7-4-15-5-10-7;1-5-4-15-8(11-5)6-3-10-12(2)7(6)9(13)14;1-12-8(7(14)5-13)6(4-11-12)9-10-2-3-15-9;;/h4-8,13H,9-12H2,1-3H3;1-5,10H,6-8H2,(H,18,19);1-5,10H,6-8,15H2;2,4-5,13H,3H2,1H3;3-4H,1-2H3,(H,13,14);2-4,13H,5H2,1H3;1H;/q;;;;;;;+1/p-1. The number of nitrogens with zero attached hydrogens (tertiary/aromatic N) is 15. The van der Waals surface area contributed by atoms with Crippen molar-refractivity contribution in [2.75, 3.05) is 13.2 Å². The van der Waals surface area contributed by atoms with E-state index in [1.54, 1.807) is 66.5 Å². The zero-order chi connectivity index (χ0) is 75.2. The summed E-state index contributed by atoms with van der Waals surface area (Å²) in [5.74, 6) is -2.17. The van der Waals surface area contributed by atoms with Crippen LogP contribution in [0.3, 0.4) is 0 Å². The Bertz CT molecular complexity index is 4870. The number of carbonyl (C=O) groups is 5. The molecule has 26 nitrogen and oxygen atoms in total. The zero-order valence-corrected chi connectivity index (χ0v) is 65.0. The Labute approximate surface area is 653 Å². The second-order valence-electron chi connectivity index (χ2n) is 25.5. The van der Waals surface area contributed by atoms with Gasteiger partial charge in [0.2, 0.25) is 29.4 Å². The number of carboxylic acid groups (broad SMARTS) is 2. The molecule has 0 saturated heterocycles. The van der Waals surface area contributed by atoms with E-state index in [0.717, 1.165) is 40.5 Å². The number of esters is 1. The number of rotatable bonds is 14. The minimum atomic E-state index is -1.24. The summed E-state index contributed by atoms with van der Waals surface area (Å²) in [5, 5.41) is 56.4. The van der Waals surface area contributed by atoms with Crippen LogP contribution in [0.15, 0.2) is 137 Å². The molecule has 556 valence electrons. The van der Waals surface area contributed by atoms with Crippen molar-refractivity contribution in [1.82, 2.24) is 72.9 Å². The van der Waals surface area contributed by atoms with Crippen molar-refractivity contribution in [1.29, 1.82) is 0 Å². The molecule has 0 saturated carbocycles. The van der Waals surface area contributed by atoms with Crippen LogP contribution >= 0.6 is 46.4 Å². The third kappa shape index (κ3) is 20.6. The number of hydrogen-bond acceptors (Lipinski definition) is 22. The summed E-state index contributed by atoms with van der Waals surface area (Å²) >= 11 is 4.27. The van der Waals surface area contributed by atoms with Gasteiger partial charge in [0, 0.05) is 117 Å². The van der Waals surface area contributed by atoms with Gasteiger partial charge in [0.25, 0.3) is 0 Å². The quantitative estimate of drug-likeness (QED) is 0.0469. The fraction of sp³-hybridized carbons (Fsp3) is 0.315. The number of nitrogens with two attached hydrogens (primary N) is 1. The van der Waals surface area contributed by atoms with Crippen molar-refractivity contribution in [3.8, 4) is 66.2 Å². The Morgan fingerprint density at radius 2 is 1.07 bits per heavy atom. The van der Waals surface area contributed by atoms with Crippen molar-refractivity contribution in [3.05, 3.63) is 196 Å². The van der Waals surface area contributed by atoms with Crippen molar-refractivity contribution in [2.24, 2.45) is 38.7 Å². The molecule has 12 heterocycles. The minimum absolute atomic E-state index is 0. The number of Topliss-reactive ketones (excluding diaryl/α,β-unsaturated/α-hetero) is 2. The van der Waals surface area contributed by atoms with E-state index < -0.39 is 36.7 Å². The van der Waals surface area contributed by atoms with Crippen LogP contribution in [0.1, 0.15) is 101 Å². The Kier molecular flexibility index (Phi) is 29.4. The average molecular weight is 1550 g/mol. The topological polar surface area (TPSA) is 350 Å². The van der Waals surface area contributed by atoms with Crippen molar-refractivity contribution in [2.45, 2.75) is 104 Å². The number of carbonyl (C=O) groups excluding carboxylic acids is 4. The summed E-state index contributed by atoms with van der Waals surface area (Å²) in [7, 11) is 4.90. The third-order valence-corrected chi connectivity index (χ3v) is 19.3. The summed E-state index contributed by atoms with van der Waals surface area (Å²) < 4.78 is 57.4. The molecule has 0 aliphatic carbocycles. The number of carboxylic acids is 2. The van der Waals surface area contributed by atoms with Gasteiger partial charge in [-0.25, -0.2) is 29.9 Å². The number of benzene rings is 3. The molecule has 12 aromatic rings. The maximum atomic E-state index is 14.6. The number of imidazole rings is 3. The molecule has 3 atom stereocenters. The predicted molar refractivity (Wildman–Crippen MR) is 393 cm³/mol. The average Bonchev–Trinajstić information content (AvgIpc) is 1.64. The zero-order valence-electron chi connectivity index (χ0n) is 59.7. The first-order chi connectivity index (χ1) is 50.3. The second kappa shape index (κ2) is 37.9. The number of hydrogen-bond donors (Lipinski definition) is 4.